The largest absolute Gasteiger partial charge is 0.317 e. The predicted molar refractivity (Wildman–Crippen MR) is 70.9 cm³/mol. The lowest BCUT2D eigenvalue weighted by Crippen LogP contribution is -2.42. The van der Waals surface area contributed by atoms with Crippen molar-refractivity contribution in [2.24, 2.45) is 0 Å². The van der Waals surface area contributed by atoms with Gasteiger partial charge in [-0.2, -0.15) is 0 Å². The van der Waals surface area contributed by atoms with Gasteiger partial charge in [0.15, 0.2) is 0 Å². The molecule has 0 bridgehead atoms. The zero-order valence-corrected chi connectivity index (χ0v) is 10.9. The molecule has 0 unspecified atom stereocenters. The number of hydrogen-bond donors (Lipinski definition) is 1. The smallest absolute Gasteiger partial charge is 0.0313 e. The number of piperidine rings is 1. The Bertz CT molecular complexity index is 345. The van der Waals surface area contributed by atoms with E-state index in [0.717, 1.165) is 32.2 Å². The van der Waals surface area contributed by atoms with E-state index in [-0.39, 0.29) is 0 Å². The topological polar surface area (TPSA) is 28.2 Å². The Kier molecular flexibility index (Phi) is 4.51. The third-order valence-electron chi connectivity index (χ3n) is 3.55. The monoisotopic (exact) mass is 233 g/mol. The highest BCUT2D eigenvalue weighted by molar-refractivity contribution is 5.16. The molecule has 1 aliphatic heterocycles. The molecule has 0 atom stereocenters. The number of aryl methyl sites for hydroxylation is 1. The number of aromatic nitrogens is 1. The number of nitrogens with zero attached hydrogens (tertiary/aromatic N) is 2. The van der Waals surface area contributed by atoms with Crippen molar-refractivity contribution in [3.63, 3.8) is 0 Å². The standard InChI is InChI=1S/C14H23N3/c1-3-17(14-4-6-15-7-5-14)11-13-8-12(2)9-16-10-13/h8-10,14-15H,3-7,11H2,1-2H3. The van der Waals surface area contributed by atoms with Crippen LogP contribution in [0.2, 0.25) is 0 Å². The van der Waals surface area contributed by atoms with Gasteiger partial charge in [-0.1, -0.05) is 13.0 Å². The molecule has 1 fully saturated rings. The van der Waals surface area contributed by atoms with Crippen molar-refractivity contribution in [1.29, 1.82) is 0 Å². The summed E-state index contributed by atoms with van der Waals surface area (Å²) in [7, 11) is 0. The van der Waals surface area contributed by atoms with Gasteiger partial charge in [0.2, 0.25) is 0 Å². The quantitative estimate of drug-likeness (QED) is 0.861. The lowest BCUT2D eigenvalue weighted by atomic mass is 10.0. The maximum absolute atomic E-state index is 4.28. The van der Waals surface area contributed by atoms with Crippen LogP contribution in [-0.4, -0.2) is 35.6 Å². The maximum Gasteiger partial charge on any atom is 0.0313 e. The fourth-order valence-corrected chi connectivity index (χ4v) is 2.61. The van der Waals surface area contributed by atoms with E-state index in [9.17, 15) is 0 Å². The summed E-state index contributed by atoms with van der Waals surface area (Å²) in [6.07, 6.45) is 6.46. The molecule has 17 heavy (non-hydrogen) atoms. The minimum atomic E-state index is 0.738. The van der Waals surface area contributed by atoms with Crippen LogP contribution in [0.1, 0.15) is 30.9 Å². The van der Waals surface area contributed by atoms with Gasteiger partial charge in [0.25, 0.3) is 0 Å². The van der Waals surface area contributed by atoms with Crippen molar-refractivity contribution in [2.45, 2.75) is 39.3 Å². The van der Waals surface area contributed by atoms with Crippen molar-refractivity contribution in [2.75, 3.05) is 19.6 Å². The van der Waals surface area contributed by atoms with Gasteiger partial charge in [-0.3, -0.25) is 9.88 Å². The highest BCUT2D eigenvalue weighted by Crippen LogP contribution is 2.15. The van der Waals surface area contributed by atoms with E-state index in [0.29, 0.717) is 0 Å². The summed E-state index contributed by atoms with van der Waals surface area (Å²) < 4.78 is 0. The second-order valence-corrected chi connectivity index (χ2v) is 4.91. The average molecular weight is 233 g/mol. The molecule has 0 spiro atoms. The molecule has 3 nitrogen and oxygen atoms in total. The van der Waals surface area contributed by atoms with E-state index in [1.165, 1.54) is 24.0 Å². The Hall–Kier alpha value is -0.930. The third kappa shape index (κ3) is 3.51. The van der Waals surface area contributed by atoms with E-state index in [1.807, 2.05) is 12.4 Å². The Morgan fingerprint density at radius 1 is 1.35 bits per heavy atom. The Morgan fingerprint density at radius 2 is 2.12 bits per heavy atom. The first-order chi connectivity index (χ1) is 8.29. The minimum Gasteiger partial charge on any atom is -0.317 e. The van der Waals surface area contributed by atoms with Crippen LogP contribution in [0.3, 0.4) is 0 Å². The summed E-state index contributed by atoms with van der Waals surface area (Å²) in [4.78, 5) is 6.86. The van der Waals surface area contributed by atoms with Crippen molar-refractivity contribution in [3.8, 4) is 0 Å². The van der Waals surface area contributed by atoms with E-state index >= 15 is 0 Å². The van der Waals surface area contributed by atoms with Crippen LogP contribution in [0.5, 0.6) is 0 Å². The van der Waals surface area contributed by atoms with E-state index < -0.39 is 0 Å². The molecule has 0 aromatic carbocycles. The molecule has 0 aliphatic carbocycles. The first-order valence-corrected chi connectivity index (χ1v) is 6.65. The zero-order valence-electron chi connectivity index (χ0n) is 10.9. The summed E-state index contributed by atoms with van der Waals surface area (Å²) in [5.41, 5.74) is 2.59. The summed E-state index contributed by atoms with van der Waals surface area (Å²) in [6, 6.07) is 2.98. The van der Waals surface area contributed by atoms with Gasteiger partial charge in [-0.25, -0.2) is 0 Å². The molecule has 0 radical (unpaired) electrons. The molecule has 1 aromatic heterocycles. The van der Waals surface area contributed by atoms with Gasteiger partial charge >= 0.3 is 0 Å². The third-order valence-corrected chi connectivity index (χ3v) is 3.55. The molecule has 2 heterocycles. The zero-order chi connectivity index (χ0) is 12.1. The second-order valence-electron chi connectivity index (χ2n) is 4.91. The average Bonchev–Trinajstić information content (AvgIpc) is 2.37. The number of hydrogen-bond acceptors (Lipinski definition) is 3. The summed E-state index contributed by atoms with van der Waals surface area (Å²) >= 11 is 0. The van der Waals surface area contributed by atoms with Gasteiger partial charge in [-0.15, -0.1) is 0 Å². The first-order valence-electron chi connectivity index (χ1n) is 6.65. The van der Waals surface area contributed by atoms with Crippen LogP contribution in [0.25, 0.3) is 0 Å². The molecule has 1 saturated heterocycles. The van der Waals surface area contributed by atoms with E-state index in [2.05, 4.69) is 35.1 Å². The molecule has 1 N–H and O–H groups in total. The van der Waals surface area contributed by atoms with Crippen LogP contribution in [0.4, 0.5) is 0 Å². The number of nitrogens with one attached hydrogen (secondary N) is 1. The molecular formula is C14H23N3. The van der Waals surface area contributed by atoms with Crippen molar-refractivity contribution in [1.82, 2.24) is 15.2 Å². The normalized spacial score (nSPS) is 17.6. The SMILES string of the molecule is CCN(Cc1cncc(C)c1)C1CCNCC1. The molecule has 1 aliphatic rings. The van der Waals surface area contributed by atoms with E-state index in [1.54, 1.807) is 0 Å². The van der Waals surface area contributed by atoms with Gasteiger partial charge in [0.05, 0.1) is 0 Å². The molecular weight excluding hydrogens is 210 g/mol. The van der Waals surface area contributed by atoms with Gasteiger partial charge in [-0.05, 0) is 50.5 Å². The van der Waals surface area contributed by atoms with Crippen molar-refractivity contribution >= 4 is 0 Å². The Morgan fingerprint density at radius 3 is 2.76 bits per heavy atom. The first kappa shape index (κ1) is 12.5. The molecule has 0 amide bonds. The Labute approximate surface area is 104 Å². The highest BCUT2D eigenvalue weighted by atomic mass is 15.2. The van der Waals surface area contributed by atoms with E-state index in [4.69, 9.17) is 0 Å². The van der Waals surface area contributed by atoms with Crippen molar-refractivity contribution < 1.29 is 0 Å². The fourth-order valence-electron chi connectivity index (χ4n) is 2.61. The molecule has 3 heteroatoms. The number of rotatable bonds is 4. The maximum atomic E-state index is 4.28. The summed E-state index contributed by atoms with van der Waals surface area (Å²) in [5.74, 6) is 0. The molecule has 0 saturated carbocycles. The molecule has 94 valence electrons. The van der Waals surface area contributed by atoms with Crippen LogP contribution in [0.15, 0.2) is 18.5 Å². The van der Waals surface area contributed by atoms with Crippen LogP contribution < -0.4 is 5.32 Å². The molecule has 1 aromatic rings. The van der Waals surface area contributed by atoms with Crippen LogP contribution >= 0.6 is 0 Å². The molecule has 2 rings (SSSR count). The summed E-state index contributed by atoms with van der Waals surface area (Å²) in [5, 5.41) is 3.43. The van der Waals surface area contributed by atoms with Crippen molar-refractivity contribution in [3.05, 3.63) is 29.6 Å². The summed E-state index contributed by atoms with van der Waals surface area (Å²) in [6.45, 7) is 8.84. The van der Waals surface area contributed by atoms with Gasteiger partial charge < -0.3 is 5.32 Å². The lowest BCUT2D eigenvalue weighted by Gasteiger charge is -2.33. The second kappa shape index (κ2) is 6.12. The fraction of sp³-hybridized carbons (Fsp3) is 0.643. The van der Waals surface area contributed by atoms with Crippen LogP contribution in [0, 0.1) is 6.92 Å². The Balaban J connectivity index is 1.98. The lowest BCUT2D eigenvalue weighted by molar-refractivity contribution is 0.162. The minimum absolute atomic E-state index is 0.738. The van der Waals surface area contributed by atoms with Gasteiger partial charge in [0, 0.05) is 25.0 Å². The highest BCUT2D eigenvalue weighted by Gasteiger charge is 2.19. The number of pyridine rings is 1. The predicted octanol–water partition coefficient (Wildman–Crippen LogP) is 1.96. The van der Waals surface area contributed by atoms with Gasteiger partial charge in [0.1, 0.15) is 0 Å². The van der Waals surface area contributed by atoms with Crippen LogP contribution in [-0.2, 0) is 6.54 Å².